The molecule has 4 fully saturated rings. The Morgan fingerprint density at radius 1 is 1.17 bits per heavy atom. The number of hydrogen-bond donors (Lipinski definition) is 1. The summed E-state index contributed by atoms with van der Waals surface area (Å²) < 4.78 is 2.09. The van der Waals surface area contributed by atoms with Crippen molar-refractivity contribution in [3.8, 4) is 11.8 Å². The molecular weight excluding hydrogens is 362 g/mol. The van der Waals surface area contributed by atoms with Crippen LogP contribution >= 0.6 is 0 Å². The monoisotopic (exact) mass is 389 g/mol. The van der Waals surface area contributed by atoms with Crippen molar-refractivity contribution in [3.63, 3.8) is 0 Å². The molecule has 1 N–H and O–H groups in total. The molecule has 2 aliphatic heterocycles. The molecule has 1 aromatic carbocycles. The second kappa shape index (κ2) is 6.55. The number of aryl methyl sites for hydroxylation is 1. The van der Waals surface area contributed by atoms with Crippen LogP contribution in [0.3, 0.4) is 0 Å². The molecule has 2 unspecified atom stereocenters. The van der Waals surface area contributed by atoms with Crippen LogP contribution in [-0.4, -0.2) is 44.6 Å². The van der Waals surface area contributed by atoms with Gasteiger partial charge < -0.3 is 9.67 Å². The minimum Gasteiger partial charge on any atom is -0.390 e. The molecule has 2 aliphatic carbocycles. The smallest absolute Gasteiger partial charge is 0.178 e. The standard InChI is InChI=1S/C24H27N3O2/c1-15-7-22(16(2)27(15)19-5-3-17(13-25)4-6-19)23(28)14-26-20-8-18-9-21(26)12-24(29,10-18)11-20/h3-7,18,20-21,29H,8-12,14H2,1-2H3/t18-,20?,21?,24+. The van der Waals surface area contributed by atoms with E-state index in [0.29, 0.717) is 30.1 Å². The van der Waals surface area contributed by atoms with E-state index in [1.54, 1.807) is 12.1 Å². The van der Waals surface area contributed by atoms with Crippen molar-refractivity contribution in [2.24, 2.45) is 5.92 Å². The van der Waals surface area contributed by atoms with Crippen LogP contribution in [0.25, 0.3) is 5.69 Å². The molecule has 4 aliphatic rings. The summed E-state index contributed by atoms with van der Waals surface area (Å²) in [6.07, 6.45) is 4.83. The molecular formula is C24H27N3O2. The molecule has 29 heavy (non-hydrogen) atoms. The first-order valence-corrected chi connectivity index (χ1v) is 10.6. The van der Waals surface area contributed by atoms with Crippen LogP contribution in [0.1, 0.15) is 59.4 Å². The van der Waals surface area contributed by atoms with Gasteiger partial charge in [-0.2, -0.15) is 5.26 Å². The molecule has 1 aromatic heterocycles. The summed E-state index contributed by atoms with van der Waals surface area (Å²) in [5, 5.41) is 19.8. The van der Waals surface area contributed by atoms with Crippen LogP contribution < -0.4 is 0 Å². The van der Waals surface area contributed by atoms with Crippen LogP contribution in [0.15, 0.2) is 30.3 Å². The largest absolute Gasteiger partial charge is 0.390 e. The molecule has 6 rings (SSSR count). The molecule has 0 radical (unpaired) electrons. The number of ketones is 1. The third-order valence-electron chi connectivity index (χ3n) is 7.36. The van der Waals surface area contributed by atoms with Gasteiger partial charge in [-0.15, -0.1) is 0 Å². The van der Waals surface area contributed by atoms with Gasteiger partial charge in [0.05, 0.1) is 23.8 Å². The Labute approximate surface area is 171 Å². The molecule has 5 heteroatoms. The molecule has 4 bridgehead atoms. The predicted octanol–water partition coefficient (Wildman–Crippen LogP) is 3.53. The average molecular weight is 389 g/mol. The first kappa shape index (κ1) is 18.6. The Balaban J connectivity index is 1.39. The summed E-state index contributed by atoms with van der Waals surface area (Å²) in [5.41, 5.74) is 3.85. The molecule has 2 saturated carbocycles. The van der Waals surface area contributed by atoms with Gasteiger partial charge in [0.1, 0.15) is 0 Å². The summed E-state index contributed by atoms with van der Waals surface area (Å²) in [6.45, 7) is 4.45. The van der Waals surface area contributed by atoms with E-state index in [-0.39, 0.29) is 5.78 Å². The van der Waals surface area contributed by atoms with Crippen molar-refractivity contribution in [2.75, 3.05) is 6.54 Å². The van der Waals surface area contributed by atoms with Crippen molar-refractivity contribution in [3.05, 3.63) is 52.8 Å². The zero-order valence-electron chi connectivity index (χ0n) is 17.1. The minimum atomic E-state index is -0.485. The van der Waals surface area contributed by atoms with E-state index in [1.165, 1.54) is 0 Å². The number of benzene rings is 1. The highest BCUT2D eigenvalue weighted by Gasteiger charge is 2.53. The van der Waals surface area contributed by atoms with E-state index in [0.717, 1.165) is 54.7 Å². The van der Waals surface area contributed by atoms with E-state index < -0.39 is 5.60 Å². The number of carbonyl (C=O) groups is 1. The molecule has 150 valence electrons. The fourth-order valence-electron chi connectivity index (χ4n) is 6.30. The molecule has 2 atom stereocenters. The third kappa shape index (κ3) is 3.02. The van der Waals surface area contributed by atoms with Crippen molar-refractivity contribution >= 4 is 5.78 Å². The van der Waals surface area contributed by atoms with Gasteiger partial charge in [0.2, 0.25) is 0 Å². The highest BCUT2D eigenvalue weighted by molar-refractivity contribution is 5.99. The number of aliphatic hydroxyl groups is 1. The molecule has 2 saturated heterocycles. The Hall–Kier alpha value is -2.42. The lowest BCUT2D eigenvalue weighted by Gasteiger charge is -2.59. The lowest BCUT2D eigenvalue weighted by atomic mass is 9.61. The predicted molar refractivity (Wildman–Crippen MR) is 110 cm³/mol. The zero-order chi connectivity index (χ0) is 20.3. The van der Waals surface area contributed by atoms with Gasteiger partial charge in [-0.3, -0.25) is 9.69 Å². The molecule has 0 spiro atoms. The average Bonchev–Trinajstić information content (AvgIpc) is 2.97. The summed E-state index contributed by atoms with van der Waals surface area (Å²) in [7, 11) is 0. The summed E-state index contributed by atoms with van der Waals surface area (Å²) >= 11 is 0. The van der Waals surface area contributed by atoms with Gasteiger partial charge in [0, 0.05) is 34.7 Å². The zero-order valence-corrected chi connectivity index (χ0v) is 17.1. The first-order chi connectivity index (χ1) is 13.9. The fourth-order valence-corrected chi connectivity index (χ4v) is 6.30. The summed E-state index contributed by atoms with van der Waals surface area (Å²) in [6, 6.07) is 12.3. The number of rotatable bonds is 4. The van der Waals surface area contributed by atoms with Crippen LogP contribution in [0.5, 0.6) is 0 Å². The number of Topliss-reactive ketones (excluding diaryl/α,β-unsaturated/α-hetero) is 1. The molecule has 5 nitrogen and oxygen atoms in total. The maximum absolute atomic E-state index is 13.3. The molecule has 2 aromatic rings. The van der Waals surface area contributed by atoms with Crippen LogP contribution in [0, 0.1) is 31.1 Å². The third-order valence-corrected chi connectivity index (χ3v) is 7.36. The number of nitrogens with zero attached hydrogens (tertiary/aromatic N) is 3. The number of nitriles is 1. The van der Waals surface area contributed by atoms with E-state index >= 15 is 0 Å². The Morgan fingerprint density at radius 3 is 2.41 bits per heavy atom. The van der Waals surface area contributed by atoms with Crippen LogP contribution in [0.2, 0.25) is 0 Å². The van der Waals surface area contributed by atoms with Crippen LogP contribution in [-0.2, 0) is 0 Å². The van der Waals surface area contributed by atoms with Gasteiger partial charge >= 0.3 is 0 Å². The molecule has 0 amide bonds. The number of piperidine rings is 2. The van der Waals surface area contributed by atoms with E-state index in [9.17, 15) is 9.90 Å². The number of hydrogen-bond acceptors (Lipinski definition) is 4. The normalized spacial score (nSPS) is 30.5. The quantitative estimate of drug-likeness (QED) is 0.813. The van der Waals surface area contributed by atoms with Gasteiger partial charge in [-0.25, -0.2) is 0 Å². The number of carbonyl (C=O) groups excluding carboxylic acids is 1. The second-order valence-corrected chi connectivity index (χ2v) is 9.36. The second-order valence-electron chi connectivity index (χ2n) is 9.36. The SMILES string of the molecule is Cc1cc(C(=O)CN2C3C[C@H]4CC2C[C@](O)(C3)C4)c(C)n1-c1ccc(C#N)cc1. The maximum Gasteiger partial charge on any atom is 0.178 e. The Morgan fingerprint density at radius 2 is 1.83 bits per heavy atom. The first-order valence-electron chi connectivity index (χ1n) is 10.6. The van der Waals surface area contributed by atoms with Gasteiger partial charge in [-0.05, 0) is 82.2 Å². The Bertz CT molecular complexity index is 998. The van der Waals surface area contributed by atoms with Gasteiger partial charge in [0.15, 0.2) is 5.78 Å². The molecule has 3 heterocycles. The van der Waals surface area contributed by atoms with Crippen molar-refractivity contribution in [1.29, 1.82) is 5.26 Å². The number of aromatic nitrogens is 1. The van der Waals surface area contributed by atoms with Crippen molar-refractivity contribution in [1.82, 2.24) is 9.47 Å². The minimum absolute atomic E-state index is 0.164. The van der Waals surface area contributed by atoms with Gasteiger partial charge in [-0.1, -0.05) is 0 Å². The van der Waals surface area contributed by atoms with E-state index in [4.69, 9.17) is 5.26 Å². The van der Waals surface area contributed by atoms with Crippen LogP contribution in [0.4, 0.5) is 0 Å². The lowest BCUT2D eigenvalue weighted by Crippen LogP contribution is -2.65. The van der Waals surface area contributed by atoms with E-state index in [1.807, 2.05) is 32.0 Å². The highest BCUT2D eigenvalue weighted by atomic mass is 16.3. The Kier molecular flexibility index (Phi) is 4.20. The highest BCUT2D eigenvalue weighted by Crippen LogP contribution is 2.51. The lowest BCUT2D eigenvalue weighted by molar-refractivity contribution is -0.154. The van der Waals surface area contributed by atoms with Crippen molar-refractivity contribution < 1.29 is 9.90 Å². The maximum atomic E-state index is 13.3. The van der Waals surface area contributed by atoms with E-state index in [2.05, 4.69) is 15.5 Å². The van der Waals surface area contributed by atoms with Crippen molar-refractivity contribution in [2.45, 2.75) is 63.6 Å². The fraction of sp³-hybridized carbons (Fsp3) is 0.500. The summed E-state index contributed by atoms with van der Waals surface area (Å²) in [5.74, 6) is 0.794. The topological polar surface area (TPSA) is 69.3 Å². The summed E-state index contributed by atoms with van der Waals surface area (Å²) in [4.78, 5) is 15.6. The van der Waals surface area contributed by atoms with Gasteiger partial charge in [0.25, 0.3) is 0 Å².